The molecular formula is C21H24F2N2O5. The van der Waals surface area contributed by atoms with E-state index in [1.54, 1.807) is 25.1 Å². The Morgan fingerprint density at radius 2 is 1.90 bits per heavy atom. The molecule has 0 saturated carbocycles. The molecular weight excluding hydrogens is 398 g/mol. The van der Waals surface area contributed by atoms with Crippen LogP contribution in [0.3, 0.4) is 0 Å². The van der Waals surface area contributed by atoms with Crippen LogP contribution in [0.2, 0.25) is 0 Å². The van der Waals surface area contributed by atoms with Gasteiger partial charge in [-0.2, -0.15) is 14.3 Å². The number of esters is 1. The Hall–Kier alpha value is -3.04. The first-order valence-electron chi connectivity index (χ1n) is 9.03. The highest BCUT2D eigenvalue weighted by atomic mass is 19.3. The van der Waals surface area contributed by atoms with Crippen molar-refractivity contribution in [1.29, 1.82) is 0 Å². The fourth-order valence-electron chi connectivity index (χ4n) is 2.81. The van der Waals surface area contributed by atoms with Gasteiger partial charge in [0.2, 0.25) is 0 Å². The van der Waals surface area contributed by atoms with Crippen LogP contribution in [-0.4, -0.2) is 32.5 Å². The number of benzene rings is 2. The summed E-state index contributed by atoms with van der Waals surface area (Å²) >= 11 is 0. The Labute approximate surface area is 173 Å². The van der Waals surface area contributed by atoms with Crippen LogP contribution in [0, 0.1) is 6.92 Å². The number of carbonyl (C=O) groups is 1. The molecule has 1 atom stereocenters. The third kappa shape index (κ3) is 6.23. The number of hydroxylamine groups is 1. The van der Waals surface area contributed by atoms with Crippen molar-refractivity contribution >= 4 is 11.7 Å². The molecule has 0 aromatic heterocycles. The molecule has 0 aliphatic rings. The van der Waals surface area contributed by atoms with Gasteiger partial charge in [0.05, 0.1) is 19.9 Å². The second-order valence-electron chi connectivity index (χ2n) is 6.28. The number of halogens is 2. The lowest BCUT2D eigenvalue weighted by molar-refractivity contribution is -0.147. The summed E-state index contributed by atoms with van der Waals surface area (Å²) in [6.45, 7) is 0.734. The molecule has 2 rings (SSSR count). The fraction of sp³-hybridized carbons (Fsp3) is 0.333. The molecule has 0 bridgehead atoms. The largest absolute Gasteiger partial charge is 0.468 e. The van der Waals surface area contributed by atoms with Gasteiger partial charge in [-0.1, -0.05) is 35.5 Å². The van der Waals surface area contributed by atoms with Crippen LogP contribution in [-0.2, 0) is 25.8 Å². The summed E-state index contributed by atoms with van der Waals surface area (Å²) in [4.78, 5) is 22.6. The lowest BCUT2D eigenvalue weighted by Crippen LogP contribution is -2.30. The summed E-state index contributed by atoms with van der Waals surface area (Å²) in [5.74, 6) is -0.482. The van der Waals surface area contributed by atoms with E-state index < -0.39 is 18.6 Å². The molecule has 0 radical (unpaired) electrons. The van der Waals surface area contributed by atoms with E-state index in [1.807, 2.05) is 19.1 Å². The van der Waals surface area contributed by atoms with Gasteiger partial charge >= 0.3 is 12.6 Å². The molecule has 2 aromatic rings. The molecule has 9 heteroatoms. The SMILES string of the molecule is CONC(C(=O)OC)c1cccc(C)c1CO/N=C(\C)c1cccc(OC(F)F)c1. The number of methoxy groups -OCH3 is 1. The van der Waals surface area contributed by atoms with E-state index in [1.165, 1.54) is 26.4 Å². The molecule has 1 N–H and O–H groups in total. The standard InChI is InChI=1S/C21H24F2N2O5/c1-13-7-5-10-17(19(25-28-4)20(26)27-3)18(13)12-29-24-14(2)15-8-6-9-16(11-15)30-21(22)23/h5-11,19,21,25H,12H2,1-4H3/b24-14+. The molecule has 2 aromatic carbocycles. The number of oxime groups is 1. The lowest BCUT2D eigenvalue weighted by Gasteiger charge is -2.19. The average molecular weight is 422 g/mol. The molecule has 0 aliphatic heterocycles. The molecule has 1 unspecified atom stereocenters. The van der Waals surface area contributed by atoms with Crippen LogP contribution < -0.4 is 10.2 Å². The molecule has 0 spiro atoms. The van der Waals surface area contributed by atoms with Crippen molar-refractivity contribution in [3.8, 4) is 5.75 Å². The van der Waals surface area contributed by atoms with E-state index >= 15 is 0 Å². The van der Waals surface area contributed by atoms with Crippen molar-refractivity contribution in [2.75, 3.05) is 14.2 Å². The van der Waals surface area contributed by atoms with Gasteiger partial charge in [-0.25, -0.2) is 4.79 Å². The monoisotopic (exact) mass is 422 g/mol. The van der Waals surface area contributed by atoms with Gasteiger partial charge in [-0.15, -0.1) is 0 Å². The highest BCUT2D eigenvalue weighted by molar-refractivity contribution is 5.98. The summed E-state index contributed by atoms with van der Waals surface area (Å²) in [6.07, 6.45) is 0. The third-order valence-corrected chi connectivity index (χ3v) is 4.32. The number of hydrogen-bond acceptors (Lipinski definition) is 7. The topological polar surface area (TPSA) is 78.4 Å². The first-order valence-corrected chi connectivity index (χ1v) is 9.03. The van der Waals surface area contributed by atoms with Gasteiger partial charge in [0.25, 0.3) is 0 Å². The van der Waals surface area contributed by atoms with Gasteiger partial charge in [-0.3, -0.25) is 0 Å². The summed E-state index contributed by atoms with van der Waals surface area (Å²) in [5.41, 5.74) is 5.93. The molecule has 0 amide bonds. The van der Waals surface area contributed by atoms with E-state index in [0.717, 1.165) is 11.1 Å². The Kier molecular flexibility index (Phi) is 8.70. The molecule has 0 aliphatic carbocycles. The molecule has 0 saturated heterocycles. The zero-order valence-electron chi connectivity index (χ0n) is 17.1. The van der Waals surface area contributed by atoms with Crippen LogP contribution in [0.25, 0.3) is 0 Å². The number of aryl methyl sites for hydroxylation is 1. The summed E-state index contributed by atoms with van der Waals surface area (Å²) in [7, 11) is 2.69. The maximum Gasteiger partial charge on any atom is 0.387 e. The summed E-state index contributed by atoms with van der Waals surface area (Å²) in [6, 6.07) is 10.8. The molecule has 0 fully saturated rings. The van der Waals surface area contributed by atoms with Gasteiger partial charge in [0.1, 0.15) is 12.4 Å². The second kappa shape index (κ2) is 11.2. The van der Waals surface area contributed by atoms with Crippen molar-refractivity contribution in [3.63, 3.8) is 0 Å². The third-order valence-electron chi connectivity index (χ3n) is 4.32. The first-order chi connectivity index (χ1) is 14.4. The Morgan fingerprint density at radius 3 is 2.57 bits per heavy atom. The molecule has 0 heterocycles. The van der Waals surface area contributed by atoms with E-state index in [2.05, 4.69) is 15.4 Å². The number of ether oxygens (including phenoxy) is 2. The van der Waals surface area contributed by atoms with E-state index in [4.69, 9.17) is 14.4 Å². The van der Waals surface area contributed by atoms with Crippen LogP contribution in [0.5, 0.6) is 5.75 Å². The van der Waals surface area contributed by atoms with Crippen LogP contribution in [0.15, 0.2) is 47.6 Å². The highest BCUT2D eigenvalue weighted by Gasteiger charge is 2.25. The molecule has 30 heavy (non-hydrogen) atoms. The number of carbonyl (C=O) groups excluding carboxylic acids is 1. The molecule has 7 nitrogen and oxygen atoms in total. The zero-order valence-corrected chi connectivity index (χ0v) is 17.1. The number of nitrogens with one attached hydrogen (secondary N) is 1. The molecule has 162 valence electrons. The van der Waals surface area contributed by atoms with E-state index in [9.17, 15) is 13.6 Å². The summed E-state index contributed by atoms with van der Waals surface area (Å²) in [5, 5.41) is 4.07. The Morgan fingerprint density at radius 1 is 1.17 bits per heavy atom. The Balaban J connectivity index is 2.20. The summed E-state index contributed by atoms with van der Waals surface area (Å²) < 4.78 is 34.0. The number of alkyl halides is 2. The van der Waals surface area contributed by atoms with Crippen LogP contribution in [0.4, 0.5) is 8.78 Å². The van der Waals surface area contributed by atoms with Crippen LogP contribution >= 0.6 is 0 Å². The van der Waals surface area contributed by atoms with Crippen LogP contribution in [0.1, 0.15) is 35.2 Å². The minimum absolute atomic E-state index is 0.0322. The zero-order chi connectivity index (χ0) is 22.1. The highest BCUT2D eigenvalue weighted by Crippen LogP contribution is 2.24. The number of rotatable bonds is 10. The van der Waals surface area contributed by atoms with E-state index in [0.29, 0.717) is 16.8 Å². The van der Waals surface area contributed by atoms with Gasteiger partial charge in [0.15, 0.2) is 6.04 Å². The Bertz CT molecular complexity index is 889. The predicted octanol–water partition coefficient (Wildman–Crippen LogP) is 3.90. The van der Waals surface area contributed by atoms with Gasteiger partial charge in [-0.05, 0) is 37.1 Å². The second-order valence-corrected chi connectivity index (χ2v) is 6.28. The van der Waals surface area contributed by atoms with Gasteiger partial charge in [0, 0.05) is 11.1 Å². The van der Waals surface area contributed by atoms with E-state index in [-0.39, 0.29) is 12.4 Å². The smallest absolute Gasteiger partial charge is 0.387 e. The van der Waals surface area contributed by atoms with Gasteiger partial charge < -0.3 is 19.1 Å². The minimum Gasteiger partial charge on any atom is -0.468 e. The lowest BCUT2D eigenvalue weighted by atomic mass is 9.97. The van der Waals surface area contributed by atoms with Crippen molar-refractivity contribution in [2.45, 2.75) is 33.1 Å². The normalized spacial score (nSPS) is 12.6. The average Bonchev–Trinajstić information content (AvgIpc) is 2.72. The first kappa shape index (κ1) is 23.2. The van der Waals surface area contributed by atoms with Crippen molar-refractivity contribution in [2.24, 2.45) is 5.16 Å². The minimum atomic E-state index is -2.91. The maximum absolute atomic E-state index is 12.4. The van der Waals surface area contributed by atoms with Crippen molar-refractivity contribution < 1.29 is 32.7 Å². The number of hydrogen-bond donors (Lipinski definition) is 1. The van der Waals surface area contributed by atoms with Crippen molar-refractivity contribution in [3.05, 3.63) is 64.7 Å². The fourth-order valence-corrected chi connectivity index (χ4v) is 2.81. The predicted molar refractivity (Wildman–Crippen MR) is 106 cm³/mol. The number of nitrogens with zero attached hydrogens (tertiary/aromatic N) is 1. The van der Waals surface area contributed by atoms with Crippen molar-refractivity contribution in [1.82, 2.24) is 5.48 Å². The maximum atomic E-state index is 12.4. The quantitative estimate of drug-likeness (QED) is 0.355.